The number of rotatable bonds is 2. The van der Waals surface area contributed by atoms with Gasteiger partial charge in [0, 0.05) is 43.6 Å². The fourth-order valence-corrected chi connectivity index (χ4v) is 6.24. The van der Waals surface area contributed by atoms with Crippen LogP contribution in [0.3, 0.4) is 0 Å². The molecule has 6 bridgehead atoms. The Labute approximate surface area is 208 Å². The average Bonchev–Trinajstić information content (AvgIpc) is 3.68. The van der Waals surface area contributed by atoms with Gasteiger partial charge in [-0.05, 0) is 35.7 Å². The first-order valence-corrected chi connectivity index (χ1v) is 12.5. The molecule has 3 aliphatic rings. The molecule has 7 rings (SSSR count). The first-order valence-electron chi connectivity index (χ1n) is 12.5. The van der Waals surface area contributed by atoms with E-state index < -0.39 is 5.41 Å². The number of nitrogens with one attached hydrogen (secondary N) is 1. The molecule has 3 aliphatic heterocycles. The summed E-state index contributed by atoms with van der Waals surface area (Å²) in [6, 6.07) is 16.4. The fourth-order valence-electron chi connectivity index (χ4n) is 6.24. The minimum Gasteiger partial charge on any atom is -0.494 e. The highest BCUT2D eigenvalue weighted by Crippen LogP contribution is 2.57. The number of amides is 1. The molecule has 2 aromatic carbocycles. The number of aryl methyl sites for hydroxylation is 1. The van der Waals surface area contributed by atoms with Crippen LogP contribution < -0.4 is 9.64 Å². The summed E-state index contributed by atoms with van der Waals surface area (Å²) in [6.45, 7) is 3.17. The molecule has 0 aliphatic carbocycles. The second-order valence-corrected chi connectivity index (χ2v) is 9.83. The van der Waals surface area contributed by atoms with Crippen molar-refractivity contribution in [2.75, 3.05) is 18.1 Å². The van der Waals surface area contributed by atoms with Crippen LogP contribution in [0.1, 0.15) is 41.4 Å². The van der Waals surface area contributed by atoms with Crippen LogP contribution in [0.15, 0.2) is 67.3 Å². The Balaban J connectivity index is 1.41. The van der Waals surface area contributed by atoms with Gasteiger partial charge in [0.15, 0.2) is 0 Å². The molecule has 0 radical (unpaired) electrons. The van der Waals surface area contributed by atoms with Crippen LogP contribution in [0.25, 0.3) is 0 Å². The summed E-state index contributed by atoms with van der Waals surface area (Å²) < 4.78 is 7.98. The maximum atomic E-state index is 14.6. The topological polar surface area (TPSA) is 92.2 Å². The van der Waals surface area contributed by atoms with Gasteiger partial charge in [0.05, 0.1) is 37.1 Å². The van der Waals surface area contributed by atoms with E-state index in [0.29, 0.717) is 26.2 Å². The van der Waals surface area contributed by atoms with Crippen molar-refractivity contribution in [2.24, 2.45) is 0 Å². The highest BCUT2D eigenvalue weighted by Gasteiger charge is 2.60. The predicted octanol–water partition coefficient (Wildman–Crippen LogP) is 3.22. The SMILES string of the molecule is O=C1N2Cc3cn(nn3)CCCOc3cccc(c3)[C@@H]3N(Cc4cnc[nH]4)CC[C@]13c1ccccc12. The van der Waals surface area contributed by atoms with Gasteiger partial charge in [-0.15, -0.1) is 5.10 Å². The van der Waals surface area contributed by atoms with E-state index in [2.05, 4.69) is 49.4 Å². The van der Waals surface area contributed by atoms with Crippen LogP contribution in [-0.4, -0.2) is 48.9 Å². The number of aromatic nitrogens is 5. The van der Waals surface area contributed by atoms with Crippen LogP contribution in [0.5, 0.6) is 5.75 Å². The van der Waals surface area contributed by atoms with Gasteiger partial charge in [-0.3, -0.25) is 14.4 Å². The monoisotopic (exact) mass is 481 g/mol. The second-order valence-electron chi connectivity index (χ2n) is 9.83. The van der Waals surface area contributed by atoms with Crippen molar-refractivity contribution in [3.8, 4) is 5.75 Å². The normalized spacial score (nSPS) is 23.5. The molecule has 9 heteroatoms. The van der Waals surface area contributed by atoms with Crippen LogP contribution in [-0.2, 0) is 29.8 Å². The third-order valence-corrected chi connectivity index (χ3v) is 7.74. The third kappa shape index (κ3) is 3.26. The van der Waals surface area contributed by atoms with E-state index in [1.807, 2.05) is 46.2 Å². The lowest BCUT2D eigenvalue weighted by molar-refractivity contribution is -0.124. The van der Waals surface area contributed by atoms with Crippen LogP contribution in [0.2, 0.25) is 0 Å². The number of ether oxygens (including phenoxy) is 1. The van der Waals surface area contributed by atoms with Crippen LogP contribution >= 0.6 is 0 Å². The van der Waals surface area contributed by atoms with Crippen LogP contribution in [0.4, 0.5) is 5.69 Å². The minimum atomic E-state index is -0.703. The molecule has 1 amide bonds. The lowest BCUT2D eigenvalue weighted by atomic mass is 9.72. The number of nitrogens with zero attached hydrogens (tertiary/aromatic N) is 6. The number of benzene rings is 2. The number of carbonyl (C=O) groups is 1. The first kappa shape index (κ1) is 21.3. The zero-order chi connectivity index (χ0) is 24.1. The molecule has 4 aromatic rings. The maximum Gasteiger partial charge on any atom is 0.240 e. The lowest BCUT2D eigenvalue weighted by Gasteiger charge is -2.35. The third-order valence-electron chi connectivity index (χ3n) is 7.74. The zero-order valence-corrected chi connectivity index (χ0v) is 19.9. The summed E-state index contributed by atoms with van der Waals surface area (Å²) in [5.41, 5.74) is 4.25. The quantitative estimate of drug-likeness (QED) is 0.473. The Bertz CT molecular complexity index is 1420. The number of likely N-dealkylation sites (tertiary alicyclic amines) is 1. The number of hydrogen-bond acceptors (Lipinski definition) is 6. The Kier molecular flexibility index (Phi) is 4.92. The van der Waals surface area contributed by atoms with Crippen molar-refractivity contribution in [3.63, 3.8) is 0 Å². The van der Waals surface area contributed by atoms with Crippen molar-refractivity contribution < 1.29 is 9.53 Å². The largest absolute Gasteiger partial charge is 0.494 e. The van der Waals surface area contributed by atoms with E-state index in [4.69, 9.17) is 4.74 Å². The Hall–Kier alpha value is -3.98. The van der Waals surface area contributed by atoms with E-state index in [1.54, 1.807) is 6.33 Å². The molecule has 5 heterocycles. The molecule has 2 aromatic heterocycles. The van der Waals surface area contributed by atoms with Crippen molar-refractivity contribution in [1.82, 2.24) is 29.9 Å². The molecule has 1 N–H and O–H groups in total. The fraction of sp³-hybridized carbons (Fsp3) is 0.333. The van der Waals surface area contributed by atoms with Crippen LogP contribution in [0, 0.1) is 0 Å². The Morgan fingerprint density at radius 3 is 3.00 bits per heavy atom. The smallest absolute Gasteiger partial charge is 0.240 e. The summed E-state index contributed by atoms with van der Waals surface area (Å²) in [7, 11) is 0. The van der Waals surface area contributed by atoms with Crippen molar-refractivity contribution in [1.29, 1.82) is 0 Å². The summed E-state index contributed by atoms with van der Waals surface area (Å²) in [6.07, 6.45) is 7.05. The molecule has 182 valence electrons. The maximum absolute atomic E-state index is 14.6. The number of hydrogen-bond donors (Lipinski definition) is 1. The van der Waals surface area contributed by atoms with Crippen molar-refractivity contribution in [2.45, 2.75) is 43.9 Å². The molecule has 1 fully saturated rings. The second kappa shape index (κ2) is 8.30. The summed E-state index contributed by atoms with van der Waals surface area (Å²) in [5.74, 6) is 0.942. The number of para-hydroxylation sites is 1. The average molecular weight is 482 g/mol. The number of fused-ring (bicyclic) bond motifs is 8. The van der Waals surface area contributed by atoms with Gasteiger partial charge in [0.25, 0.3) is 0 Å². The van der Waals surface area contributed by atoms with Crippen molar-refractivity contribution >= 4 is 11.6 Å². The predicted molar refractivity (Wildman–Crippen MR) is 132 cm³/mol. The van der Waals surface area contributed by atoms with E-state index in [0.717, 1.165) is 53.3 Å². The highest BCUT2D eigenvalue weighted by atomic mass is 16.5. The summed E-state index contributed by atoms with van der Waals surface area (Å²) >= 11 is 0. The molecule has 0 saturated carbocycles. The molecule has 0 unspecified atom stereocenters. The Morgan fingerprint density at radius 1 is 1.14 bits per heavy atom. The number of aromatic amines is 1. The van der Waals surface area contributed by atoms with Gasteiger partial charge in [0.2, 0.25) is 5.91 Å². The van der Waals surface area contributed by atoms with E-state index in [9.17, 15) is 4.79 Å². The molecule has 1 saturated heterocycles. The van der Waals surface area contributed by atoms with Gasteiger partial charge < -0.3 is 14.6 Å². The van der Waals surface area contributed by atoms with E-state index >= 15 is 0 Å². The standard InChI is InChI=1S/C27H27N7O2/c35-26-27-9-11-32(15-20-14-28-18-29-20)25(27)19-5-3-6-22(13-19)36-12-4-10-33-16-21(30-31-33)17-34(26)24-8-2-1-7-23(24)27/h1-3,5-8,13-14,16,18,25H,4,9-12,15,17H2,(H,28,29)/t25-,27+/m0/s1. The number of anilines is 1. The highest BCUT2D eigenvalue weighted by molar-refractivity contribution is 6.09. The first-order chi connectivity index (χ1) is 17.7. The van der Waals surface area contributed by atoms with Gasteiger partial charge >= 0.3 is 0 Å². The molecule has 2 atom stereocenters. The number of H-pyrrole nitrogens is 1. The van der Waals surface area contributed by atoms with E-state index in [1.165, 1.54) is 0 Å². The molecular formula is C27H27N7O2. The Morgan fingerprint density at radius 2 is 2.08 bits per heavy atom. The van der Waals surface area contributed by atoms with E-state index in [-0.39, 0.29) is 11.9 Å². The number of carbonyl (C=O) groups excluding carboxylic acids is 1. The van der Waals surface area contributed by atoms with Gasteiger partial charge in [-0.25, -0.2) is 4.98 Å². The van der Waals surface area contributed by atoms with Gasteiger partial charge in [-0.2, -0.15) is 0 Å². The molecule has 1 spiro atoms. The molecule has 9 nitrogen and oxygen atoms in total. The zero-order valence-electron chi connectivity index (χ0n) is 19.9. The minimum absolute atomic E-state index is 0.122. The van der Waals surface area contributed by atoms with Gasteiger partial charge in [-0.1, -0.05) is 35.5 Å². The summed E-state index contributed by atoms with van der Waals surface area (Å²) in [4.78, 5) is 26.3. The van der Waals surface area contributed by atoms with Crippen molar-refractivity contribution in [3.05, 3.63) is 89.8 Å². The summed E-state index contributed by atoms with van der Waals surface area (Å²) in [5, 5.41) is 8.67. The van der Waals surface area contributed by atoms with Gasteiger partial charge in [0.1, 0.15) is 11.4 Å². The molecule has 36 heavy (non-hydrogen) atoms. The molecular weight excluding hydrogens is 454 g/mol. The number of imidazole rings is 1. The lowest BCUT2D eigenvalue weighted by Crippen LogP contribution is -2.44.